The largest absolute Gasteiger partial charge is 0.573 e. The summed E-state index contributed by atoms with van der Waals surface area (Å²) in [4.78, 5) is 46.1. The van der Waals surface area contributed by atoms with E-state index in [0.717, 1.165) is 38.7 Å². The first kappa shape index (κ1) is 28.6. The lowest BCUT2D eigenvalue weighted by atomic mass is 9.76. The first-order chi connectivity index (χ1) is 21.6. The van der Waals surface area contributed by atoms with Crippen molar-refractivity contribution < 1.29 is 37.4 Å². The number of carbonyl (C=O) groups is 3. The van der Waals surface area contributed by atoms with Gasteiger partial charge in [-0.15, -0.1) is 13.2 Å². The van der Waals surface area contributed by atoms with E-state index < -0.39 is 53.3 Å². The molecule has 5 aromatic rings. The number of rotatable bonds is 7. The Morgan fingerprint density at radius 3 is 2.38 bits per heavy atom. The minimum absolute atomic E-state index is 0.0846. The highest BCUT2D eigenvalue weighted by Crippen LogP contribution is 2.51. The van der Waals surface area contributed by atoms with E-state index in [2.05, 4.69) is 15.0 Å². The number of benzene rings is 4. The number of ether oxygens (including phenoxy) is 1. The van der Waals surface area contributed by atoms with Crippen LogP contribution in [0.5, 0.6) is 5.75 Å². The lowest BCUT2D eigenvalue weighted by Gasteiger charge is -2.31. The summed E-state index contributed by atoms with van der Waals surface area (Å²) in [6.45, 7) is -0.0846. The van der Waals surface area contributed by atoms with Crippen LogP contribution in [0.15, 0.2) is 97.2 Å². The second kappa shape index (κ2) is 10.5. The van der Waals surface area contributed by atoms with E-state index in [4.69, 9.17) is 0 Å². The molecule has 0 radical (unpaired) electrons. The van der Waals surface area contributed by atoms with Crippen molar-refractivity contribution in [2.75, 3.05) is 0 Å². The van der Waals surface area contributed by atoms with Crippen molar-refractivity contribution >= 4 is 39.5 Å². The van der Waals surface area contributed by atoms with Crippen molar-refractivity contribution in [3.05, 3.63) is 114 Å². The van der Waals surface area contributed by atoms with Crippen LogP contribution in [0.4, 0.5) is 13.2 Å². The number of alkyl halides is 3. The zero-order valence-electron chi connectivity index (χ0n) is 23.5. The molecule has 228 valence electrons. The van der Waals surface area contributed by atoms with Gasteiger partial charge in [0.15, 0.2) is 0 Å². The number of nitrogens with one attached hydrogen (secondary N) is 2. The normalized spacial score (nSPS) is 23.2. The Morgan fingerprint density at radius 2 is 1.60 bits per heavy atom. The Balaban J connectivity index is 1.34. The smallest absolute Gasteiger partial charge is 0.480 e. The number of aromatic amines is 1. The predicted octanol–water partition coefficient (Wildman–Crippen LogP) is 5.73. The van der Waals surface area contributed by atoms with E-state index in [9.17, 15) is 32.7 Å². The summed E-state index contributed by atoms with van der Waals surface area (Å²) in [7, 11) is 0. The number of aromatic nitrogens is 1. The summed E-state index contributed by atoms with van der Waals surface area (Å²) < 4.78 is 43.4. The second-order valence-corrected chi connectivity index (χ2v) is 11.5. The molecule has 1 aromatic heterocycles. The summed E-state index contributed by atoms with van der Waals surface area (Å²) in [5, 5.41) is 16.4. The van der Waals surface area contributed by atoms with E-state index in [1.807, 2.05) is 60.7 Å². The van der Waals surface area contributed by atoms with Crippen LogP contribution in [0.1, 0.15) is 22.7 Å². The first-order valence-electron chi connectivity index (χ1n) is 14.3. The first-order valence-corrected chi connectivity index (χ1v) is 14.3. The molecule has 3 N–H and O–H groups in total. The molecule has 2 saturated heterocycles. The number of aliphatic carboxylic acids is 1. The standard InChI is InChI=1S/C34H26F3N3O5/c35-34(36,37)45-23-11-6-9-20(15-23)29-27-28(33(39-29,32(43)44)16-22-17-38-26-14-4-3-13-25(22)26)31(42)40(30(27)41)18-21-10-5-8-19-7-1-2-12-24(19)21/h1-15,17,27-29,38-39H,16,18H2,(H,43,44). The Kier molecular flexibility index (Phi) is 6.66. The number of likely N-dealkylation sites (tertiary alicyclic amines) is 1. The molecule has 4 atom stereocenters. The molecule has 45 heavy (non-hydrogen) atoms. The van der Waals surface area contributed by atoms with Gasteiger partial charge in [0.05, 0.1) is 18.4 Å². The van der Waals surface area contributed by atoms with Crippen LogP contribution < -0.4 is 10.1 Å². The van der Waals surface area contributed by atoms with Crippen molar-refractivity contribution in [3.8, 4) is 5.75 Å². The van der Waals surface area contributed by atoms with Gasteiger partial charge in [0.25, 0.3) is 0 Å². The van der Waals surface area contributed by atoms with Crippen LogP contribution in [0.2, 0.25) is 0 Å². The number of para-hydroxylation sites is 1. The van der Waals surface area contributed by atoms with Gasteiger partial charge in [0.1, 0.15) is 11.3 Å². The maximum Gasteiger partial charge on any atom is 0.573 e. The van der Waals surface area contributed by atoms with Gasteiger partial charge in [-0.2, -0.15) is 0 Å². The molecular weight excluding hydrogens is 587 g/mol. The van der Waals surface area contributed by atoms with Crippen LogP contribution in [-0.2, 0) is 27.3 Å². The molecule has 11 heteroatoms. The highest BCUT2D eigenvalue weighted by atomic mass is 19.4. The number of fused-ring (bicyclic) bond motifs is 3. The zero-order chi connectivity index (χ0) is 31.5. The van der Waals surface area contributed by atoms with Crippen molar-refractivity contribution in [1.82, 2.24) is 15.2 Å². The van der Waals surface area contributed by atoms with Gasteiger partial charge in [-0.25, -0.2) is 0 Å². The molecule has 3 heterocycles. The molecule has 4 unspecified atom stereocenters. The van der Waals surface area contributed by atoms with Crippen LogP contribution in [0.3, 0.4) is 0 Å². The monoisotopic (exact) mass is 613 g/mol. The van der Waals surface area contributed by atoms with Crippen LogP contribution in [0.25, 0.3) is 21.7 Å². The van der Waals surface area contributed by atoms with Crippen LogP contribution >= 0.6 is 0 Å². The minimum Gasteiger partial charge on any atom is -0.480 e. The number of carboxylic acids is 1. The molecular formula is C34H26F3N3O5. The molecule has 0 aliphatic carbocycles. The van der Waals surface area contributed by atoms with Gasteiger partial charge in [0, 0.05) is 29.6 Å². The van der Waals surface area contributed by atoms with Crippen LogP contribution in [0, 0.1) is 11.8 Å². The number of hydrogen-bond acceptors (Lipinski definition) is 5. The van der Waals surface area contributed by atoms with Gasteiger partial charge in [-0.3, -0.25) is 24.6 Å². The van der Waals surface area contributed by atoms with Crippen LogP contribution in [-0.4, -0.2) is 44.7 Å². The molecule has 0 spiro atoms. The number of carbonyl (C=O) groups excluding carboxylic acids is 2. The van der Waals surface area contributed by atoms with E-state index in [1.54, 1.807) is 12.3 Å². The van der Waals surface area contributed by atoms with Crippen molar-refractivity contribution in [3.63, 3.8) is 0 Å². The number of hydrogen-bond donors (Lipinski definition) is 3. The van der Waals surface area contributed by atoms with Gasteiger partial charge < -0.3 is 14.8 Å². The average molecular weight is 614 g/mol. The lowest BCUT2D eigenvalue weighted by Crippen LogP contribution is -2.57. The summed E-state index contributed by atoms with van der Waals surface area (Å²) in [5.74, 6) is -5.66. The van der Waals surface area contributed by atoms with Crippen molar-refractivity contribution in [2.24, 2.45) is 11.8 Å². The van der Waals surface area contributed by atoms with E-state index in [0.29, 0.717) is 11.1 Å². The maximum absolute atomic E-state index is 14.3. The molecule has 2 aliphatic heterocycles. The van der Waals surface area contributed by atoms with Gasteiger partial charge >= 0.3 is 12.3 Å². The number of H-pyrrole nitrogens is 1. The zero-order valence-corrected chi connectivity index (χ0v) is 23.5. The highest BCUT2D eigenvalue weighted by Gasteiger charge is 2.68. The Bertz CT molecular complexity index is 1980. The number of amides is 2. The fourth-order valence-electron chi connectivity index (χ4n) is 7.02. The third-order valence-electron chi connectivity index (χ3n) is 8.93. The topological polar surface area (TPSA) is 112 Å². The molecule has 8 nitrogen and oxygen atoms in total. The summed E-state index contributed by atoms with van der Waals surface area (Å²) in [6, 6.07) is 24.3. The third-order valence-corrected chi connectivity index (χ3v) is 8.93. The number of carboxylic acid groups (broad SMARTS) is 1. The minimum atomic E-state index is -4.96. The molecule has 2 amide bonds. The van der Waals surface area contributed by atoms with Crippen molar-refractivity contribution in [1.29, 1.82) is 0 Å². The fraction of sp³-hybridized carbons (Fsp3) is 0.206. The Morgan fingerprint density at radius 1 is 0.889 bits per heavy atom. The summed E-state index contributed by atoms with van der Waals surface area (Å²) >= 11 is 0. The number of halogens is 3. The van der Waals surface area contributed by atoms with Gasteiger partial charge in [-0.1, -0.05) is 72.8 Å². The van der Waals surface area contributed by atoms with E-state index in [1.165, 1.54) is 12.1 Å². The molecule has 2 fully saturated rings. The second-order valence-electron chi connectivity index (χ2n) is 11.5. The third kappa shape index (κ3) is 4.80. The molecule has 7 rings (SSSR count). The van der Waals surface area contributed by atoms with Gasteiger partial charge in [0.2, 0.25) is 11.8 Å². The van der Waals surface area contributed by atoms with Gasteiger partial charge in [-0.05, 0) is 45.7 Å². The molecule has 4 aromatic carbocycles. The quantitative estimate of drug-likeness (QED) is 0.202. The van der Waals surface area contributed by atoms with E-state index >= 15 is 0 Å². The average Bonchev–Trinajstić information content (AvgIpc) is 3.65. The Hall–Kier alpha value is -5.16. The summed E-state index contributed by atoms with van der Waals surface area (Å²) in [5.41, 5.74) is 0.324. The fourth-order valence-corrected chi connectivity index (χ4v) is 7.02. The summed E-state index contributed by atoms with van der Waals surface area (Å²) in [6.07, 6.45) is -3.45. The SMILES string of the molecule is O=C1C2C(c3cccc(OC(F)(F)F)c3)NC(Cc3c[nH]c4ccccc34)(C(=O)O)C2C(=O)N1Cc1cccc2ccccc12. The van der Waals surface area contributed by atoms with Crippen molar-refractivity contribution in [2.45, 2.75) is 30.9 Å². The Labute approximate surface area is 254 Å². The predicted molar refractivity (Wildman–Crippen MR) is 158 cm³/mol. The lowest BCUT2D eigenvalue weighted by molar-refractivity contribution is -0.274. The molecule has 0 saturated carbocycles. The maximum atomic E-state index is 14.3. The number of imide groups is 1. The van der Waals surface area contributed by atoms with E-state index in [-0.39, 0.29) is 18.5 Å². The highest BCUT2D eigenvalue weighted by molar-refractivity contribution is 6.10. The number of nitrogens with zero attached hydrogens (tertiary/aromatic N) is 1. The molecule has 0 bridgehead atoms. The molecule has 2 aliphatic rings.